The summed E-state index contributed by atoms with van der Waals surface area (Å²) in [5, 5.41) is 11.5. The van der Waals surface area contributed by atoms with Gasteiger partial charge in [0.05, 0.1) is 6.54 Å². The van der Waals surface area contributed by atoms with E-state index in [2.05, 4.69) is 29.4 Å². The number of nitrogens with zero attached hydrogens (tertiary/aromatic N) is 4. The normalized spacial score (nSPS) is 15.8. The third-order valence-electron chi connectivity index (χ3n) is 5.06. The van der Waals surface area contributed by atoms with Crippen LogP contribution in [0, 0.1) is 6.92 Å². The first-order valence-electron chi connectivity index (χ1n) is 9.52. The van der Waals surface area contributed by atoms with E-state index >= 15 is 0 Å². The Labute approximate surface area is 172 Å². The number of carbonyl (C=O) groups excluding carboxylic acids is 1. The van der Waals surface area contributed by atoms with Gasteiger partial charge in [-0.3, -0.25) is 4.79 Å². The molecule has 1 saturated heterocycles. The molecule has 0 saturated carbocycles. The van der Waals surface area contributed by atoms with E-state index in [0.717, 1.165) is 30.2 Å². The van der Waals surface area contributed by atoms with Gasteiger partial charge in [-0.05, 0) is 46.0 Å². The molecule has 28 heavy (non-hydrogen) atoms. The molecule has 8 heteroatoms. The molecule has 1 aromatic heterocycles. The fourth-order valence-corrected chi connectivity index (χ4v) is 3.46. The van der Waals surface area contributed by atoms with Crippen molar-refractivity contribution in [2.45, 2.75) is 51.8 Å². The van der Waals surface area contributed by atoms with Crippen LogP contribution in [0.25, 0.3) is 0 Å². The van der Waals surface area contributed by atoms with E-state index in [1.54, 1.807) is 11.2 Å². The van der Waals surface area contributed by atoms with Gasteiger partial charge in [0.2, 0.25) is 0 Å². The number of aromatic nitrogens is 3. The minimum Gasteiger partial charge on any atom is -0.477 e. The summed E-state index contributed by atoms with van der Waals surface area (Å²) in [7, 11) is 1.81. The molecule has 1 aliphatic heterocycles. The van der Waals surface area contributed by atoms with Crippen molar-refractivity contribution in [1.82, 2.24) is 25.0 Å². The highest BCUT2D eigenvalue weighted by Gasteiger charge is 2.44. The number of rotatable bonds is 6. The standard InChI is InChI=1S/C20H29N5O2.ClH/c1-15(2)25-14-22-23-18(25)13-24(4)19(26)20(9-11-21-12-10-20)27-17-7-5-16(3)6-8-17;/h5-8,14-15,21H,9-13H2,1-4H3;1H. The van der Waals surface area contributed by atoms with Crippen molar-refractivity contribution in [3.63, 3.8) is 0 Å². The molecule has 1 aliphatic rings. The summed E-state index contributed by atoms with van der Waals surface area (Å²) in [4.78, 5) is 15.1. The average Bonchev–Trinajstić information content (AvgIpc) is 3.12. The van der Waals surface area contributed by atoms with Crippen LogP contribution in [0.1, 0.15) is 44.1 Å². The number of benzene rings is 1. The highest BCUT2D eigenvalue weighted by atomic mass is 35.5. The van der Waals surface area contributed by atoms with Gasteiger partial charge < -0.3 is 19.5 Å². The number of likely N-dealkylation sites (N-methyl/N-ethyl adjacent to an activating group) is 1. The van der Waals surface area contributed by atoms with E-state index in [4.69, 9.17) is 4.74 Å². The van der Waals surface area contributed by atoms with Gasteiger partial charge in [-0.25, -0.2) is 0 Å². The van der Waals surface area contributed by atoms with Gasteiger partial charge in [0.25, 0.3) is 5.91 Å². The second kappa shape index (κ2) is 9.39. The Balaban J connectivity index is 0.00000280. The maximum Gasteiger partial charge on any atom is 0.267 e. The van der Waals surface area contributed by atoms with Crippen molar-refractivity contribution in [1.29, 1.82) is 0 Å². The zero-order valence-corrected chi connectivity index (χ0v) is 17.8. The zero-order chi connectivity index (χ0) is 19.4. The van der Waals surface area contributed by atoms with Gasteiger partial charge in [0.1, 0.15) is 12.1 Å². The summed E-state index contributed by atoms with van der Waals surface area (Å²) in [6.07, 6.45) is 2.99. The maximum atomic E-state index is 13.4. The molecule has 1 amide bonds. The molecule has 3 rings (SSSR count). The summed E-state index contributed by atoms with van der Waals surface area (Å²) >= 11 is 0. The highest BCUT2D eigenvalue weighted by molar-refractivity contribution is 5.86. The van der Waals surface area contributed by atoms with E-state index in [-0.39, 0.29) is 24.4 Å². The Morgan fingerprint density at radius 3 is 2.54 bits per heavy atom. The Morgan fingerprint density at radius 2 is 1.93 bits per heavy atom. The van der Waals surface area contributed by atoms with Crippen molar-refractivity contribution in [2.24, 2.45) is 0 Å². The van der Waals surface area contributed by atoms with Crippen LogP contribution in [-0.2, 0) is 11.3 Å². The van der Waals surface area contributed by atoms with Crippen molar-refractivity contribution >= 4 is 18.3 Å². The van der Waals surface area contributed by atoms with Crippen molar-refractivity contribution in [2.75, 3.05) is 20.1 Å². The Bertz CT molecular complexity index is 769. The topological polar surface area (TPSA) is 72.3 Å². The lowest BCUT2D eigenvalue weighted by molar-refractivity contribution is -0.150. The first-order chi connectivity index (χ1) is 12.9. The van der Waals surface area contributed by atoms with E-state index in [1.807, 2.05) is 42.8 Å². The predicted molar refractivity (Wildman–Crippen MR) is 111 cm³/mol. The monoisotopic (exact) mass is 407 g/mol. The number of halogens is 1. The van der Waals surface area contributed by atoms with Crippen LogP contribution in [0.5, 0.6) is 5.75 Å². The van der Waals surface area contributed by atoms with Gasteiger partial charge in [-0.15, -0.1) is 22.6 Å². The molecular weight excluding hydrogens is 378 g/mol. The molecule has 1 N–H and O–H groups in total. The second-order valence-corrected chi connectivity index (χ2v) is 7.57. The predicted octanol–water partition coefficient (Wildman–Crippen LogP) is 2.75. The average molecular weight is 408 g/mol. The summed E-state index contributed by atoms with van der Waals surface area (Å²) in [6.45, 7) is 8.10. The van der Waals surface area contributed by atoms with Crippen LogP contribution in [-0.4, -0.2) is 51.3 Å². The fraction of sp³-hybridized carbons (Fsp3) is 0.550. The molecular formula is C20H30ClN5O2. The van der Waals surface area contributed by atoms with Crippen LogP contribution < -0.4 is 10.1 Å². The molecule has 0 spiro atoms. The van der Waals surface area contributed by atoms with Crippen LogP contribution in [0.15, 0.2) is 30.6 Å². The Morgan fingerprint density at radius 1 is 1.29 bits per heavy atom. The van der Waals surface area contributed by atoms with Gasteiger partial charge in [-0.2, -0.15) is 0 Å². The van der Waals surface area contributed by atoms with Crippen LogP contribution in [0.3, 0.4) is 0 Å². The number of carbonyl (C=O) groups is 1. The molecule has 0 unspecified atom stereocenters. The number of aryl methyl sites for hydroxylation is 1. The molecule has 1 aromatic carbocycles. The summed E-state index contributed by atoms with van der Waals surface area (Å²) < 4.78 is 8.29. The minimum absolute atomic E-state index is 0. The smallest absolute Gasteiger partial charge is 0.267 e. The van der Waals surface area contributed by atoms with E-state index in [1.165, 1.54) is 0 Å². The molecule has 7 nitrogen and oxygen atoms in total. The van der Waals surface area contributed by atoms with Gasteiger partial charge >= 0.3 is 0 Å². The SMILES string of the molecule is Cc1ccc(OC2(C(=O)N(C)Cc3nncn3C(C)C)CCNCC2)cc1.Cl. The zero-order valence-electron chi connectivity index (χ0n) is 17.0. The van der Waals surface area contributed by atoms with Gasteiger partial charge in [0, 0.05) is 25.9 Å². The quantitative estimate of drug-likeness (QED) is 0.797. The highest BCUT2D eigenvalue weighted by Crippen LogP contribution is 2.29. The van der Waals surface area contributed by atoms with E-state index < -0.39 is 5.60 Å². The number of amides is 1. The molecule has 0 atom stereocenters. The third kappa shape index (κ3) is 4.83. The van der Waals surface area contributed by atoms with Gasteiger partial charge in [0.15, 0.2) is 11.4 Å². The molecule has 2 aromatic rings. The third-order valence-corrected chi connectivity index (χ3v) is 5.06. The fourth-order valence-electron chi connectivity index (χ4n) is 3.46. The van der Waals surface area contributed by atoms with E-state index in [0.29, 0.717) is 19.4 Å². The maximum absolute atomic E-state index is 13.4. The number of piperidine rings is 1. The Kier molecular flexibility index (Phi) is 7.43. The molecule has 0 aliphatic carbocycles. The largest absolute Gasteiger partial charge is 0.477 e. The van der Waals surface area contributed by atoms with Crippen LogP contribution in [0.4, 0.5) is 0 Å². The number of ether oxygens (including phenoxy) is 1. The molecule has 154 valence electrons. The lowest BCUT2D eigenvalue weighted by Gasteiger charge is -2.39. The summed E-state index contributed by atoms with van der Waals surface area (Å²) in [6, 6.07) is 8.12. The van der Waals surface area contributed by atoms with Gasteiger partial charge in [-0.1, -0.05) is 17.7 Å². The lowest BCUT2D eigenvalue weighted by atomic mass is 9.90. The lowest BCUT2D eigenvalue weighted by Crippen LogP contribution is -2.56. The molecule has 1 fully saturated rings. The number of hydrogen-bond acceptors (Lipinski definition) is 5. The summed E-state index contributed by atoms with van der Waals surface area (Å²) in [5.74, 6) is 1.50. The number of nitrogens with one attached hydrogen (secondary N) is 1. The number of hydrogen-bond donors (Lipinski definition) is 1. The molecule has 2 heterocycles. The summed E-state index contributed by atoms with van der Waals surface area (Å²) in [5.41, 5.74) is 0.316. The first-order valence-corrected chi connectivity index (χ1v) is 9.52. The Hall–Kier alpha value is -2.12. The second-order valence-electron chi connectivity index (χ2n) is 7.57. The van der Waals surface area contributed by atoms with E-state index in [9.17, 15) is 4.79 Å². The minimum atomic E-state index is -0.849. The van der Waals surface area contributed by atoms with Crippen molar-refractivity contribution in [3.05, 3.63) is 42.0 Å². The molecule has 0 bridgehead atoms. The van der Waals surface area contributed by atoms with Crippen LogP contribution >= 0.6 is 12.4 Å². The van der Waals surface area contributed by atoms with Crippen molar-refractivity contribution < 1.29 is 9.53 Å². The van der Waals surface area contributed by atoms with Crippen molar-refractivity contribution in [3.8, 4) is 5.75 Å². The van der Waals surface area contributed by atoms with Crippen LogP contribution in [0.2, 0.25) is 0 Å². The first kappa shape index (κ1) is 22.2. The molecule has 0 radical (unpaired) electrons.